The molecule has 2 N–H and O–H groups in total. The van der Waals surface area contributed by atoms with Crippen LogP contribution >= 0.6 is 0 Å². The van der Waals surface area contributed by atoms with Crippen molar-refractivity contribution in [1.82, 2.24) is 4.90 Å². The van der Waals surface area contributed by atoms with Gasteiger partial charge in [0.05, 0.1) is 12.7 Å². The summed E-state index contributed by atoms with van der Waals surface area (Å²) >= 11 is 0. The number of rotatable bonds is 2. The van der Waals surface area contributed by atoms with E-state index in [-0.39, 0.29) is 12.7 Å². The van der Waals surface area contributed by atoms with Crippen LogP contribution in [0.5, 0.6) is 0 Å². The van der Waals surface area contributed by atoms with E-state index in [2.05, 4.69) is 4.90 Å². The molecule has 3 nitrogen and oxygen atoms in total. The van der Waals surface area contributed by atoms with Crippen molar-refractivity contribution in [2.24, 2.45) is 0 Å². The molecule has 2 rings (SSSR count). The molecular weight excluding hydrogens is 178 g/mol. The van der Waals surface area contributed by atoms with E-state index in [9.17, 15) is 10.2 Å². The summed E-state index contributed by atoms with van der Waals surface area (Å²) in [7, 11) is 0. The molecule has 2 fully saturated rings. The zero-order valence-electron chi connectivity index (χ0n) is 8.73. The number of hydrogen-bond donors (Lipinski definition) is 2. The summed E-state index contributed by atoms with van der Waals surface area (Å²) in [4.78, 5) is 2.34. The van der Waals surface area contributed by atoms with Crippen molar-refractivity contribution in [2.75, 3.05) is 13.2 Å². The molecule has 0 aromatic carbocycles. The molecule has 1 aliphatic heterocycles. The third-order valence-corrected chi connectivity index (χ3v) is 3.75. The number of aliphatic hydroxyl groups is 2. The van der Waals surface area contributed by atoms with Gasteiger partial charge in [-0.15, -0.1) is 0 Å². The van der Waals surface area contributed by atoms with Gasteiger partial charge in [0, 0.05) is 12.1 Å². The molecule has 14 heavy (non-hydrogen) atoms. The fraction of sp³-hybridized carbons (Fsp3) is 1.00. The first-order valence-corrected chi connectivity index (χ1v) is 5.87. The highest BCUT2D eigenvalue weighted by Crippen LogP contribution is 2.29. The molecule has 3 heteroatoms. The fourth-order valence-electron chi connectivity index (χ4n) is 2.97. The molecule has 0 amide bonds. The monoisotopic (exact) mass is 199 g/mol. The molecule has 0 aromatic heterocycles. The second-order valence-corrected chi connectivity index (χ2v) is 4.64. The third kappa shape index (κ3) is 1.95. The van der Waals surface area contributed by atoms with Crippen LogP contribution in [0.3, 0.4) is 0 Å². The van der Waals surface area contributed by atoms with Crippen LogP contribution in [0.1, 0.15) is 38.5 Å². The molecule has 0 spiro atoms. The highest BCUT2D eigenvalue weighted by atomic mass is 16.3. The maximum atomic E-state index is 9.92. The molecule has 1 aliphatic carbocycles. The third-order valence-electron chi connectivity index (χ3n) is 3.75. The van der Waals surface area contributed by atoms with Crippen LogP contribution in [0.2, 0.25) is 0 Å². The number of aliphatic hydroxyl groups excluding tert-OH is 2. The summed E-state index contributed by atoms with van der Waals surface area (Å²) < 4.78 is 0. The molecular formula is C11H21NO2. The number of nitrogens with zero attached hydrogens (tertiary/aromatic N) is 1. The minimum atomic E-state index is -0.157. The molecule has 2 aliphatic rings. The highest BCUT2D eigenvalue weighted by molar-refractivity contribution is 4.90. The van der Waals surface area contributed by atoms with Gasteiger partial charge in [-0.3, -0.25) is 4.90 Å². The first-order valence-electron chi connectivity index (χ1n) is 5.87. The van der Waals surface area contributed by atoms with Crippen LogP contribution in [0.15, 0.2) is 0 Å². The largest absolute Gasteiger partial charge is 0.395 e. The van der Waals surface area contributed by atoms with Crippen LogP contribution in [-0.4, -0.2) is 46.5 Å². The Kier molecular flexibility index (Phi) is 3.42. The summed E-state index contributed by atoms with van der Waals surface area (Å²) in [6.45, 7) is 1.32. The molecule has 0 aromatic rings. The van der Waals surface area contributed by atoms with Crippen molar-refractivity contribution in [2.45, 2.75) is 56.7 Å². The van der Waals surface area contributed by atoms with Gasteiger partial charge in [0.15, 0.2) is 0 Å². The van der Waals surface area contributed by atoms with Crippen LogP contribution in [0, 0.1) is 0 Å². The van der Waals surface area contributed by atoms with Gasteiger partial charge in [-0.1, -0.05) is 12.8 Å². The lowest BCUT2D eigenvalue weighted by atomic mass is 9.91. The first kappa shape index (κ1) is 10.4. The topological polar surface area (TPSA) is 43.7 Å². The Hall–Kier alpha value is -0.120. The van der Waals surface area contributed by atoms with Gasteiger partial charge in [0.2, 0.25) is 0 Å². The van der Waals surface area contributed by atoms with Crippen molar-refractivity contribution < 1.29 is 10.2 Å². The minimum absolute atomic E-state index is 0.157. The SMILES string of the molecule is OCC1CCCN1[C@H]1CCCC[C@@H]1O. The zero-order chi connectivity index (χ0) is 9.97. The second-order valence-electron chi connectivity index (χ2n) is 4.64. The van der Waals surface area contributed by atoms with Gasteiger partial charge in [0.25, 0.3) is 0 Å². The molecule has 1 unspecified atom stereocenters. The van der Waals surface area contributed by atoms with Crippen LogP contribution in [0.4, 0.5) is 0 Å². The molecule has 0 bridgehead atoms. The number of likely N-dealkylation sites (tertiary alicyclic amines) is 1. The average Bonchev–Trinajstić information content (AvgIpc) is 2.66. The van der Waals surface area contributed by atoms with Crippen LogP contribution in [0.25, 0.3) is 0 Å². The van der Waals surface area contributed by atoms with E-state index in [1.54, 1.807) is 0 Å². The van der Waals surface area contributed by atoms with E-state index < -0.39 is 0 Å². The normalized spacial score (nSPS) is 40.3. The van der Waals surface area contributed by atoms with E-state index in [1.807, 2.05) is 0 Å². The average molecular weight is 199 g/mol. The Bertz CT molecular complexity index is 186. The predicted octanol–water partition coefficient (Wildman–Crippen LogP) is 0.747. The van der Waals surface area contributed by atoms with Crippen LogP contribution in [-0.2, 0) is 0 Å². The standard InChI is InChI=1S/C11H21NO2/c13-8-9-4-3-7-12(9)10-5-1-2-6-11(10)14/h9-11,13-14H,1-8H2/t9?,10-,11-/m0/s1. The van der Waals surface area contributed by atoms with E-state index in [0.29, 0.717) is 12.1 Å². The van der Waals surface area contributed by atoms with E-state index in [4.69, 9.17) is 0 Å². The zero-order valence-corrected chi connectivity index (χ0v) is 8.73. The Morgan fingerprint density at radius 1 is 1.07 bits per heavy atom. The Morgan fingerprint density at radius 3 is 2.57 bits per heavy atom. The lowest BCUT2D eigenvalue weighted by Gasteiger charge is -2.38. The lowest BCUT2D eigenvalue weighted by molar-refractivity contribution is 0.00283. The highest BCUT2D eigenvalue weighted by Gasteiger charge is 2.35. The van der Waals surface area contributed by atoms with Gasteiger partial charge in [-0.2, -0.15) is 0 Å². The fourth-order valence-corrected chi connectivity index (χ4v) is 2.97. The second kappa shape index (κ2) is 4.60. The summed E-state index contributed by atoms with van der Waals surface area (Å²) in [6, 6.07) is 0.635. The predicted molar refractivity (Wildman–Crippen MR) is 55.1 cm³/mol. The number of hydrogen-bond acceptors (Lipinski definition) is 3. The quantitative estimate of drug-likeness (QED) is 0.689. The molecule has 3 atom stereocenters. The van der Waals surface area contributed by atoms with Gasteiger partial charge >= 0.3 is 0 Å². The molecule has 0 radical (unpaired) electrons. The molecule has 1 saturated heterocycles. The van der Waals surface area contributed by atoms with Gasteiger partial charge in [-0.05, 0) is 32.2 Å². The minimum Gasteiger partial charge on any atom is -0.395 e. The molecule has 1 heterocycles. The van der Waals surface area contributed by atoms with E-state index >= 15 is 0 Å². The van der Waals surface area contributed by atoms with E-state index in [1.165, 1.54) is 12.8 Å². The van der Waals surface area contributed by atoms with Crippen LogP contribution < -0.4 is 0 Å². The Morgan fingerprint density at radius 2 is 1.86 bits per heavy atom. The molecule has 1 saturated carbocycles. The van der Waals surface area contributed by atoms with Gasteiger partial charge in [0.1, 0.15) is 0 Å². The van der Waals surface area contributed by atoms with E-state index in [0.717, 1.165) is 32.2 Å². The summed E-state index contributed by atoms with van der Waals surface area (Å²) in [5.41, 5.74) is 0. The van der Waals surface area contributed by atoms with Gasteiger partial charge < -0.3 is 10.2 Å². The van der Waals surface area contributed by atoms with Crippen molar-refractivity contribution in [3.63, 3.8) is 0 Å². The summed E-state index contributed by atoms with van der Waals surface area (Å²) in [6.07, 6.45) is 6.56. The van der Waals surface area contributed by atoms with Crippen molar-refractivity contribution in [1.29, 1.82) is 0 Å². The molecule has 82 valence electrons. The maximum absolute atomic E-state index is 9.92. The smallest absolute Gasteiger partial charge is 0.0695 e. The lowest BCUT2D eigenvalue weighted by Crippen LogP contribution is -2.48. The van der Waals surface area contributed by atoms with Crippen molar-refractivity contribution >= 4 is 0 Å². The first-order chi connectivity index (χ1) is 6.83. The van der Waals surface area contributed by atoms with Crippen molar-refractivity contribution in [3.8, 4) is 0 Å². The summed E-state index contributed by atoms with van der Waals surface area (Å²) in [5.74, 6) is 0. The van der Waals surface area contributed by atoms with Crippen molar-refractivity contribution in [3.05, 3.63) is 0 Å². The summed E-state index contributed by atoms with van der Waals surface area (Å²) in [5, 5.41) is 19.1. The van der Waals surface area contributed by atoms with Gasteiger partial charge in [-0.25, -0.2) is 0 Å². The Labute approximate surface area is 85.7 Å². The maximum Gasteiger partial charge on any atom is 0.0695 e. The Balaban J connectivity index is 1.97.